The van der Waals surface area contributed by atoms with Gasteiger partial charge in [0.2, 0.25) is 0 Å². The number of benzene rings is 2. The van der Waals surface area contributed by atoms with Crippen molar-refractivity contribution in [2.24, 2.45) is 0 Å². The molecule has 0 aromatic heterocycles. The molecule has 0 saturated carbocycles. The molecular formula is C21H25FO. The number of halogens is 1. The van der Waals surface area contributed by atoms with Crippen molar-refractivity contribution in [2.45, 2.75) is 52.9 Å². The van der Waals surface area contributed by atoms with Crippen LogP contribution in [0, 0.1) is 12.7 Å². The summed E-state index contributed by atoms with van der Waals surface area (Å²) in [6, 6.07) is 11.6. The first kappa shape index (κ1) is 17.4. The lowest BCUT2D eigenvalue weighted by Gasteiger charge is -2.11. The van der Waals surface area contributed by atoms with Gasteiger partial charge in [0.05, 0.1) is 0 Å². The molecule has 2 aromatic rings. The van der Waals surface area contributed by atoms with E-state index in [4.69, 9.17) is 0 Å². The molecule has 0 bridgehead atoms. The average Bonchev–Trinajstić information content (AvgIpc) is 2.57. The van der Waals surface area contributed by atoms with Crippen molar-refractivity contribution in [3.8, 4) is 11.1 Å². The second kappa shape index (κ2) is 8.05. The Bertz CT molecular complexity index is 671. The molecule has 0 aliphatic rings. The summed E-state index contributed by atoms with van der Waals surface area (Å²) >= 11 is 0. The molecule has 2 heteroatoms. The third-order valence-corrected chi connectivity index (χ3v) is 4.34. The Balaban J connectivity index is 2.25. The minimum absolute atomic E-state index is 0.0146. The molecule has 23 heavy (non-hydrogen) atoms. The van der Waals surface area contributed by atoms with Crippen LogP contribution in [0.25, 0.3) is 11.1 Å². The molecule has 0 spiro atoms. The SMILES string of the molecule is CCCCCc1ccc(-c2ccc(C(=O)CC)c(C)c2F)cc1. The summed E-state index contributed by atoms with van der Waals surface area (Å²) in [7, 11) is 0. The molecule has 0 aliphatic carbocycles. The number of ketones is 1. The zero-order valence-electron chi connectivity index (χ0n) is 14.3. The molecule has 0 fully saturated rings. The highest BCUT2D eigenvalue weighted by molar-refractivity contribution is 5.97. The molecule has 2 rings (SSSR count). The van der Waals surface area contributed by atoms with Gasteiger partial charge in [0.25, 0.3) is 0 Å². The van der Waals surface area contributed by atoms with E-state index in [0.717, 1.165) is 12.0 Å². The molecule has 0 amide bonds. The zero-order valence-corrected chi connectivity index (χ0v) is 14.3. The molecule has 0 radical (unpaired) electrons. The summed E-state index contributed by atoms with van der Waals surface area (Å²) in [4.78, 5) is 11.8. The van der Waals surface area contributed by atoms with E-state index in [1.807, 2.05) is 12.1 Å². The minimum atomic E-state index is -0.289. The highest BCUT2D eigenvalue weighted by Crippen LogP contribution is 2.28. The van der Waals surface area contributed by atoms with Gasteiger partial charge in [0.1, 0.15) is 5.82 Å². The summed E-state index contributed by atoms with van der Waals surface area (Å²) in [6.07, 6.45) is 5.11. The largest absolute Gasteiger partial charge is 0.294 e. The molecule has 0 heterocycles. The predicted octanol–water partition coefficient (Wildman–Crippen LogP) is 6.13. The number of hydrogen-bond acceptors (Lipinski definition) is 1. The molecule has 0 aliphatic heterocycles. The van der Waals surface area contributed by atoms with Crippen molar-refractivity contribution < 1.29 is 9.18 Å². The monoisotopic (exact) mass is 312 g/mol. The summed E-state index contributed by atoms with van der Waals surface area (Å²) in [5, 5.41) is 0. The summed E-state index contributed by atoms with van der Waals surface area (Å²) < 4.78 is 14.6. The first-order chi connectivity index (χ1) is 11.1. The standard InChI is InChI=1S/C21H25FO/c1-4-6-7-8-16-9-11-17(12-10-16)19-14-13-18(20(23)5-2)15(3)21(19)22/h9-14H,4-8H2,1-3H3. The number of carbonyl (C=O) groups is 1. The van der Waals surface area contributed by atoms with Crippen molar-refractivity contribution in [1.29, 1.82) is 0 Å². The van der Waals surface area contributed by atoms with Crippen molar-refractivity contribution in [3.63, 3.8) is 0 Å². The number of aryl methyl sites for hydroxylation is 1. The van der Waals surface area contributed by atoms with Crippen LogP contribution in [-0.2, 0) is 6.42 Å². The van der Waals surface area contributed by atoms with Gasteiger partial charge in [-0.2, -0.15) is 0 Å². The van der Waals surface area contributed by atoms with E-state index in [1.165, 1.54) is 24.8 Å². The van der Waals surface area contributed by atoms with Crippen molar-refractivity contribution in [1.82, 2.24) is 0 Å². The summed E-state index contributed by atoms with van der Waals surface area (Å²) in [5.74, 6) is -0.303. The fourth-order valence-electron chi connectivity index (χ4n) is 2.83. The van der Waals surface area contributed by atoms with Gasteiger partial charge in [-0.1, -0.05) is 63.1 Å². The van der Waals surface area contributed by atoms with Crippen LogP contribution in [0.4, 0.5) is 4.39 Å². The van der Waals surface area contributed by atoms with Crippen LogP contribution in [0.15, 0.2) is 36.4 Å². The van der Waals surface area contributed by atoms with E-state index < -0.39 is 0 Å². The van der Waals surface area contributed by atoms with Gasteiger partial charge < -0.3 is 0 Å². The van der Waals surface area contributed by atoms with Crippen LogP contribution in [0.3, 0.4) is 0 Å². The van der Waals surface area contributed by atoms with E-state index in [1.54, 1.807) is 26.0 Å². The molecular weight excluding hydrogens is 287 g/mol. The van der Waals surface area contributed by atoms with Crippen molar-refractivity contribution >= 4 is 5.78 Å². The third-order valence-electron chi connectivity index (χ3n) is 4.34. The Morgan fingerprint density at radius 2 is 1.70 bits per heavy atom. The molecule has 122 valence electrons. The van der Waals surface area contributed by atoms with Crippen LogP contribution in [-0.4, -0.2) is 5.78 Å². The van der Waals surface area contributed by atoms with Gasteiger partial charge in [0.15, 0.2) is 5.78 Å². The van der Waals surface area contributed by atoms with Gasteiger partial charge in [-0.15, -0.1) is 0 Å². The molecule has 0 saturated heterocycles. The number of hydrogen-bond donors (Lipinski definition) is 0. The summed E-state index contributed by atoms with van der Waals surface area (Å²) in [6.45, 7) is 5.67. The number of unbranched alkanes of at least 4 members (excludes halogenated alkanes) is 2. The third kappa shape index (κ3) is 4.07. The Hall–Kier alpha value is -1.96. The van der Waals surface area contributed by atoms with Crippen LogP contribution in [0.5, 0.6) is 0 Å². The van der Waals surface area contributed by atoms with E-state index in [-0.39, 0.29) is 11.6 Å². The fourth-order valence-corrected chi connectivity index (χ4v) is 2.83. The second-order valence-corrected chi connectivity index (χ2v) is 6.03. The predicted molar refractivity (Wildman–Crippen MR) is 94.4 cm³/mol. The van der Waals surface area contributed by atoms with E-state index >= 15 is 0 Å². The maximum atomic E-state index is 14.6. The maximum absolute atomic E-state index is 14.6. The highest BCUT2D eigenvalue weighted by atomic mass is 19.1. The lowest BCUT2D eigenvalue weighted by Crippen LogP contribution is -2.03. The molecule has 1 nitrogen and oxygen atoms in total. The van der Waals surface area contributed by atoms with Gasteiger partial charge in [-0.3, -0.25) is 4.79 Å². The molecule has 0 atom stereocenters. The Morgan fingerprint density at radius 3 is 2.30 bits per heavy atom. The Morgan fingerprint density at radius 1 is 1.00 bits per heavy atom. The second-order valence-electron chi connectivity index (χ2n) is 6.03. The lowest BCUT2D eigenvalue weighted by atomic mass is 9.95. The van der Waals surface area contributed by atoms with Crippen LogP contribution in [0.1, 0.15) is 61.0 Å². The van der Waals surface area contributed by atoms with E-state index in [9.17, 15) is 9.18 Å². The van der Waals surface area contributed by atoms with Crippen LogP contribution < -0.4 is 0 Å². The number of rotatable bonds is 7. The Labute approximate surface area is 138 Å². The van der Waals surface area contributed by atoms with Gasteiger partial charge in [-0.25, -0.2) is 4.39 Å². The quantitative estimate of drug-likeness (QED) is 0.444. The van der Waals surface area contributed by atoms with Crippen molar-refractivity contribution in [3.05, 3.63) is 58.9 Å². The maximum Gasteiger partial charge on any atom is 0.162 e. The number of carbonyl (C=O) groups excluding carboxylic acids is 1. The van der Waals surface area contributed by atoms with Crippen LogP contribution in [0.2, 0.25) is 0 Å². The van der Waals surface area contributed by atoms with Gasteiger partial charge >= 0.3 is 0 Å². The minimum Gasteiger partial charge on any atom is -0.294 e. The van der Waals surface area contributed by atoms with Crippen LogP contribution >= 0.6 is 0 Å². The van der Waals surface area contributed by atoms with E-state index in [2.05, 4.69) is 19.1 Å². The number of Topliss-reactive ketones (excluding diaryl/α,β-unsaturated/α-hetero) is 1. The molecule has 0 N–H and O–H groups in total. The first-order valence-corrected chi connectivity index (χ1v) is 8.50. The van der Waals surface area contributed by atoms with Gasteiger partial charge in [-0.05, 0) is 36.5 Å². The summed E-state index contributed by atoms with van der Waals surface area (Å²) in [5.41, 5.74) is 3.65. The molecule has 2 aromatic carbocycles. The van der Waals surface area contributed by atoms with E-state index in [0.29, 0.717) is 23.1 Å². The Kier molecular flexibility index (Phi) is 6.09. The smallest absolute Gasteiger partial charge is 0.162 e. The highest BCUT2D eigenvalue weighted by Gasteiger charge is 2.15. The molecule has 0 unspecified atom stereocenters. The zero-order chi connectivity index (χ0) is 16.8. The van der Waals surface area contributed by atoms with Crippen molar-refractivity contribution in [2.75, 3.05) is 0 Å². The topological polar surface area (TPSA) is 17.1 Å². The van der Waals surface area contributed by atoms with Gasteiger partial charge in [0, 0.05) is 17.5 Å². The normalized spacial score (nSPS) is 10.8. The fraction of sp³-hybridized carbons (Fsp3) is 0.381. The lowest BCUT2D eigenvalue weighted by molar-refractivity contribution is 0.0987. The average molecular weight is 312 g/mol. The first-order valence-electron chi connectivity index (χ1n) is 8.50.